The van der Waals surface area contributed by atoms with Gasteiger partial charge in [0.05, 0.1) is 0 Å². The van der Waals surface area contributed by atoms with E-state index >= 15 is 0 Å². The molecule has 1 unspecified atom stereocenters. The monoisotopic (exact) mass is 319 g/mol. The van der Waals surface area contributed by atoms with Gasteiger partial charge in [-0.1, -0.05) is 5.06 Å². The third-order valence-electron chi connectivity index (χ3n) is 2.44. The molecular formula is C14H25NO7. The highest BCUT2D eigenvalue weighted by Gasteiger charge is 2.40. The second-order valence-corrected chi connectivity index (χ2v) is 7.01. The van der Waals surface area contributed by atoms with Gasteiger partial charge in [-0.05, 0) is 48.0 Å². The first-order valence-electron chi connectivity index (χ1n) is 7.14. The maximum atomic E-state index is 11.7. The molecule has 1 fully saturated rings. The molecule has 0 amide bonds. The molecule has 1 rings (SSSR count). The topological polar surface area (TPSA) is 94.5 Å². The lowest BCUT2D eigenvalue weighted by atomic mass is 10.2. The molecular weight excluding hydrogens is 294 g/mol. The van der Waals surface area contributed by atoms with E-state index in [0.717, 1.165) is 5.06 Å². The minimum absolute atomic E-state index is 0.288. The van der Waals surface area contributed by atoms with Crippen LogP contribution in [0.25, 0.3) is 0 Å². The highest BCUT2D eigenvalue weighted by Crippen LogP contribution is 2.25. The van der Waals surface area contributed by atoms with E-state index in [9.17, 15) is 14.7 Å². The van der Waals surface area contributed by atoms with Crippen LogP contribution in [0.1, 0.15) is 54.4 Å². The molecule has 0 bridgehead atoms. The number of nitrogens with zero attached hydrogens (tertiary/aromatic N) is 1. The molecule has 0 saturated carbocycles. The van der Waals surface area contributed by atoms with Crippen LogP contribution < -0.4 is 0 Å². The van der Waals surface area contributed by atoms with E-state index in [4.69, 9.17) is 19.0 Å². The molecule has 0 radical (unpaired) electrons. The van der Waals surface area contributed by atoms with Crippen LogP contribution in [0.15, 0.2) is 0 Å². The zero-order valence-corrected chi connectivity index (χ0v) is 13.9. The molecule has 2 atom stereocenters. The molecule has 1 saturated heterocycles. The number of hydrogen-bond donors (Lipinski definition) is 1. The predicted molar refractivity (Wildman–Crippen MR) is 75.5 cm³/mol. The minimum atomic E-state index is -1.07. The van der Waals surface area contributed by atoms with E-state index in [2.05, 4.69) is 0 Å². The number of carbonyl (C=O) groups excluding carboxylic acids is 2. The highest BCUT2D eigenvalue weighted by atomic mass is 16.9. The summed E-state index contributed by atoms with van der Waals surface area (Å²) < 4.78 is 15.1. The van der Waals surface area contributed by atoms with Crippen molar-refractivity contribution >= 4 is 12.3 Å². The van der Waals surface area contributed by atoms with Crippen LogP contribution in [0.3, 0.4) is 0 Å². The smallest absolute Gasteiger partial charge is 0.429 e. The number of hydrogen-bond acceptors (Lipinski definition) is 8. The van der Waals surface area contributed by atoms with Crippen LogP contribution in [-0.4, -0.2) is 46.1 Å². The van der Waals surface area contributed by atoms with Crippen LogP contribution >= 0.6 is 0 Å². The molecule has 0 aromatic carbocycles. The lowest BCUT2D eigenvalue weighted by molar-refractivity contribution is -0.255. The molecule has 0 aromatic heterocycles. The van der Waals surface area contributed by atoms with Gasteiger partial charge >= 0.3 is 12.3 Å². The van der Waals surface area contributed by atoms with Crippen molar-refractivity contribution in [1.29, 1.82) is 0 Å². The second-order valence-electron chi connectivity index (χ2n) is 7.01. The number of aliphatic hydroxyl groups is 1. The number of rotatable bonds is 2. The molecule has 8 heteroatoms. The standard InChI is InChI=1S/C14H25NO7/c1-13(2,3)20-11(17)19-10-8-7-9(16)15(10)22-12(18)21-14(4,5)6/h9-10,16H,7-8H2,1-6H3/t9?,10-/m0/s1. The maximum Gasteiger partial charge on any atom is 0.528 e. The average molecular weight is 319 g/mol. The highest BCUT2D eigenvalue weighted by molar-refractivity contribution is 5.61. The Morgan fingerprint density at radius 1 is 0.955 bits per heavy atom. The van der Waals surface area contributed by atoms with Gasteiger partial charge in [0.1, 0.15) is 17.4 Å². The lowest BCUT2D eigenvalue weighted by Crippen LogP contribution is -2.42. The quantitative estimate of drug-likeness (QED) is 0.776. The Morgan fingerprint density at radius 3 is 1.95 bits per heavy atom. The molecule has 0 spiro atoms. The van der Waals surface area contributed by atoms with Crippen LogP contribution in [0.5, 0.6) is 0 Å². The fourth-order valence-electron chi connectivity index (χ4n) is 1.71. The van der Waals surface area contributed by atoms with Crippen molar-refractivity contribution < 1.29 is 33.7 Å². The Morgan fingerprint density at radius 2 is 1.45 bits per heavy atom. The first-order chi connectivity index (χ1) is 9.87. The fourth-order valence-corrected chi connectivity index (χ4v) is 1.71. The van der Waals surface area contributed by atoms with Gasteiger partial charge in [-0.3, -0.25) is 0 Å². The van der Waals surface area contributed by atoms with Gasteiger partial charge in [0.25, 0.3) is 0 Å². The van der Waals surface area contributed by atoms with Gasteiger partial charge in [-0.2, -0.15) is 0 Å². The third kappa shape index (κ3) is 6.48. The first kappa shape index (κ1) is 18.5. The van der Waals surface area contributed by atoms with Gasteiger partial charge in [-0.15, -0.1) is 0 Å². The molecule has 0 aliphatic carbocycles. The Bertz CT molecular complexity index is 410. The largest absolute Gasteiger partial charge is 0.528 e. The summed E-state index contributed by atoms with van der Waals surface area (Å²) in [4.78, 5) is 28.2. The fraction of sp³-hybridized carbons (Fsp3) is 0.857. The molecule has 1 N–H and O–H groups in total. The summed E-state index contributed by atoms with van der Waals surface area (Å²) >= 11 is 0. The van der Waals surface area contributed by atoms with Crippen molar-refractivity contribution in [2.75, 3.05) is 0 Å². The van der Waals surface area contributed by atoms with E-state index < -0.39 is 36.0 Å². The lowest BCUT2D eigenvalue weighted by Gasteiger charge is -2.27. The Hall–Kier alpha value is -1.54. The normalized spacial score (nSPS) is 23.0. The zero-order chi connectivity index (χ0) is 17.1. The molecule has 1 aliphatic rings. The van der Waals surface area contributed by atoms with Crippen molar-refractivity contribution in [3.63, 3.8) is 0 Å². The minimum Gasteiger partial charge on any atom is -0.429 e. The first-order valence-corrected chi connectivity index (χ1v) is 7.14. The van der Waals surface area contributed by atoms with Gasteiger partial charge < -0.3 is 24.2 Å². The zero-order valence-electron chi connectivity index (χ0n) is 13.9. The number of hydroxylamine groups is 2. The molecule has 22 heavy (non-hydrogen) atoms. The summed E-state index contributed by atoms with van der Waals surface area (Å²) in [5.41, 5.74) is -1.44. The summed E-state index contributed by atoms with van der Waals surface area (Å²) in [5.74, 6) is 0. The van der Waals surface area contributed by atoms with Crippen molar-refractivity contribution in [2.24, 2.45) is 0 Å². The molecule has 128 valence electrons. The summed E-state index contributed by atoms with van der Waals surface area (Å²) in [6, 6.07) is 0. The van der Waals surface area contributed by atoms with Crippen molar-refractivity contribution in [1.82, 2.24) is 5.06 Å². The van der Waals surface area contributed by atoms with E-state index in [1.165, 1.54) is 0 Å². The van der Waals surface area contributed by atoms with Crippen LogP contribution in [0, 0.1) is 0 Å². The van der Waals surface area contributed by atoms with E-state index in [0.29, 0.717) is 6.42 Å². The second kappa shape index (κ2) is 6.70. The predicted octanol–water partition coefficient (Wildman–Crippen LogP) is 2.55. The summed E-state index contributed by atoms with van der Waals surface area (Å²) in [5, 5.41) is 10.7. The number of ether oxygens (including phenoxy) is 3. The summed E-state index contributed by atoms with van der Waals surface area (Å²) in [7, 11) is 0. The third-order valence-corrected chi connectivity index (χ3v) is 2.44. The van der Waals surface area contributed by atoms with Crippen LogP contribution in [0.4, 0.5) is 9.59 Å². The Kier molecular flexibility index (Phi) is 5.64. The average Bonchev–Trinajstić information content (AvgIpc) is 2.56. The number of aliphatic hydroxyl groups excluding tert-OH is 1. The SMILES string of the molecule is CC(C)(C)OC(=O)O[C@H]1CCC(O)N1OC(=O)OC(C)(C)C. The van der Waals surface area contributed by atoms with Crippen LogP contribution in [0.2, 0.25) is 0 Å². The van der Waals surface area contributed by atoms with Crippen molar-refractivity contribution in [3.05, 3.63) is 0 Å². The van der Waals surface area contributed by atoms with Gasteiger partial charge in [0.2, 0.25) is 0 Å². The van der Waals surface area contributed by atoms with E-state index in [-0.39, 0.29) is 6.42 Å². The Labute approximate surface area is 130 Å². The van der Waals surface area contributed by atoms with Crippen molar-refractivity contribution in [2.45, 2.75) is 78.0 Å². The molecule has 1 heterocycles. The summed E-state index contributed by atoms with van der Waals surface area (Å²) in [6.07, 6.45) is -3.27. The summed E-state index contributed by atoms with van der Waals surface area (Å²) in [6.45, 7) is 10.2. The van der Waals surface area contributed by atoms with Gasteiger partial charge in [0.15, 0.2) is 6.23 Å². The maximum absolute atomic E-state index is 11.7. The Balaban J connectivity index is 2.60. The molecule has 8 nitrogen and oxygen atoms in total. The van der Waals surface area contributed by atoms with Gasteiger partial charge in [-0.25, -0.2) is 9.59 Å². The van der Waals surface area contributed by atoms with Gasteiger partial charge in [0, 0.05) is 6.42 Å². The van der Waals surface area contributed by atoms with E-state index in [1.54, 1.807) is 41.5 Å². The number of carbonyl (C=O) groups is 2. The van der Waals surface area contributed by atoms with Crippen LogP contribution in [-0.2, 0) is 19.0 Å². The van der Waals surface area contributed by atoms with Crippen molar-refractivity contribution in [3.8, 4) is 0 Å². The van der Waals surface area contributed by atoms with E-state index in [1.807, 2.05) is 0 Å². The molecule has 1 aliphatic heterocycles. The molecule has 0 aromatic rings.